The van der Waals surface area contributed by atoms with Crippen molar-refractivity contribution in [2.75, 3.05) is 0 Å². The van der Waals surface area contributed by atoms with E-state index < -0.39 is 0 Å². The number of aldehydes is 1. The van der Waals surface area contributed by atoms with Crippen molar-refractivity contribution in [3.8, 4) is 5.75 Å². The molecule has 0 unspecified atom stereocenters. The van der Waals surface area contributed by atoms with E-state index in [0.29, 0.717) is 12.2 Å². The molecule has 0 amide bonds. The maximum atomic E-state index is 10.5. The van der Waals surface area contributed by atoms with Crippen molar-refractivity contribution < 1.29 is 9.90 Å². The summed E-state index contributed by atoms with van der Waals surface area (Å²) in [5.74, 6) is 0.302. The number of phenolic OH excluding ortho intramolecular Hbond substituents is 1. The van der Waals surface area contributed by atoms with Gasteiger partial charge in [-0.05, 0) is 29.5 Å². The molecule has 0 aliphatic carbocycles. The van der Waals surface area contributed by atoms with E-state index in [1.54, 1.807) is 6.07 Å². The Morgan fingerprint density at radius 3 is 2.57 bits per heavy atom. The standard InChI is InChI=1S/C12H16O2/c1-9-8-10(4-5-11(9)14)12(2,3)6-7-13/h4-5,7-8,14H,6H2,1-3H3. The Labute approximate surface area is 84.6 Å². The molecule has 1 N–H and O–H groups in total. The molecule has 2 heteroatoms. The minimum atomic E-state index is -0.153. The van der Waals surface area contributed by atoms with Crippen LogP contribution in [0.4, 0.5) is 0 Å². The summed E-state index contributed by atoms with van der Waals surface area (Å²) in [5.41, 5.74) is 1.78. The highest BCUT2D eigenvalue weighted by atomic mass is 16.3. The molecule has 2 nitrogen and oxygen atoms in total. The Morgan fingerprint density at radius 1 is 1.43 bits per heavy atom. The van der Waals surface area contributed by atoms with Gasteiger partial charge in [-0.2, -0.15) is 0 Å². The predicted molar refractivity (Wildman–Crippen MR) is 56.6 cm³/mol. The van der Waals surface area contributed by atoms with Gasteiger partial charge in [-0.3, -0.25) is 0 Å². The monoisotopic (exact) mass is 192 g/mol. The van der Waals surface area contributed by atoms with Crippen LogP contribution in [0, 0.1) is 6.92 Å². The zero-order chi connectivity index (χ0) is 10.8. The van der Waals surface area contributed by atoms with Crippen LogP contribution in [0.5, 0.6) is 5.75 Å². The maximum Gasteiger partial charge on any atom is 0.120 e. The van der Waals surface area contributed by atoms with Crippen LogP contribution in [0.3, 0.4) is 0 Å². The van der Waals surface area contributed by atoms with E-state index in [9.17, 15) is 9.90 Å². The number of aromatic hydroxyl groups is 1. The number of carbonyl (C=O) groups is 1. The van der Waals surface area contributed by atoms with E-state index in [-0.39, 0.29) is 5.41 Å². The average molecular weight is 192 g/mol. The van der Waals surface area contributed by atoms with Crippen LogP contribution in [-0.2, 0) is 10.2 Å². The van der Waals surface area contributed by atoms with Gasteiger partial charge in [0, 0.05) is 6.42 Å². The van der Waals surface area contributed by atoms with Gasteiger partial charge >= 0.3 is 0 Å². The van der Waals surface area contributed by atoms with Gasteiger partial charge in [0.1, 0.15) is 12.0 Å². The number of aryl methyl sites for hydroxylation is 1. The van der Waals surface area contributed by atoms with Crippen LogP contribution in [0.1, 0.15) is 31.4 Å². The van der Waals surface area contributed by atoms with Crippen molar-refractivity contribution in [1.82, 2.24) is 0 Å². The van der Waals surface area contributed by atoms with Crippen LogP contribution in [0.25, 0.3) is 0 Å². The molecule has 1 aromatic carbocycles. The smallest absolute Gasteiger partial charge is 0.120 e. The summed E-state index contributed by atoms with van der Waals surface area (Å²) >= 11 is 0. The summed E-state index contributed by atoms with van der Waals surface area (Å²) in [7, 11) is 0. The molecule has 0 saturated heterocycles. The van der Waals surface area contributed by atoms with Crippen LogP contribution < -0.4 is 0 Å². The number of hydrogen-bond donors (Lipinski definition) is 1. The topological polar surface area (TPSA) is 37.3 Å². The quantitative estimate of drug-likeness (QED) is 0.747. The highest BCUT2D eigenvalue weighted by Crippen LogP contribution is 2.29. The van der Waals surface area contributed by atoms with Crippen molar-refractivity contribution in [1.29, 1.82) is 0 Å². The summed E-state index contributed by atoms with van der Waals surface area (Å²) in [6.07, 6.45) is 1.43. The van der Waals surface area contributed by atoms with Crippen LogP contribution in [-0.4, -0.2) is 11.4 Å². The first-order chi connectivity index (χ1) is 6.47. The first-order valence-electron chi connectivity index (χ1n) is 4.71. The largest absolute Gasteiger partial charge is 0.508 e. The number of benzene rings is 1. The first-order valence-corrected chi connectivity index (χ1v) is 4.71. The van der Waals surface area contributed by atoms with E-state index in [4.69, 9.17) is 0 Å². The van der Waals surface area contributed by atoms with Crippen molar-refractivity contribution in [2.45, 2.75) is 32.6 Å². The van der Waals surface area contributed by atoms with Crippen LogP contribution in [0.2, 0.25) is 0 Å². The Bertz CT molecular complexity index is 340. The lowest BCUT2D eigenvalue weighted by atomic mass is 9.81. The van der Waals surface area contributed by atoms with Crippen molar-refractivity contribution in [3.63, 3.8) is 0 Å². The second kappa shape index (κ2) is 3.82. The maximum absolute atomic E-state index is 10.5. The highest BCUT2D eigenvalue weighted by molar-refractivity contribution is 5.53. The normalized spacial score (nSPS) is 11.4. The average Bonchev–Trinajstić information content (AvgIpc) is 2.09. The summed E-state index contributed by atoms with van der Waals surface area (Å²) in [6.45, 7) is 5.90. The third kappa shape index (κ3) is 2.13. The fourth-order valence-corrected chi connectivity index (χ4v) is 1.40. The lowest BCUT2D eigenvalue weighted by Gasteiger charge is -2.23. The first kappa shape index (κ1) is 10.8. The molecule has 0 fully saturated rings. The van der Waals surface area contributed by atoms with E-state index in [1.807, 2.05) is 32.9 Å². The van der Waals surface area contributed by atoms with E-state index in [2.05, 4.69) is 0 Å². The fourth-order valence-electron chi connectivity index (χ4n) is 1.40. The van der Waals surface area contributed by atoms with Gasteiger partial charge in [0.2, 0.25) is 0 Å². The third-order valence-electron chi connectivity index (χ3n) is 2.57. The molecule has 0 bridgehead atoms. The van der Waals surface area contributed by atoms with Gasteiger partial charge in [0.25, 0.3) is 0 Å². The molecule has 0 spiro atoms. The molecule has 76 valence electrons. The number of rotatable bonds is 3. The third-order valence-corrected chi connectivity index (χ3v) is 2.57. The summed E-state index contributed by atoms with van der Waals surface area (Å²) in [6, 6.07) is 5.47. The Hall–Kier alpha value is -1.31. The molecule has 0 aliphatic heterocycles. The minimum Gasteiger partial charge on any atom is -0.508 e. The molecular weight excluding hydrogens is 176 g/mol. The molecule has 0 aliphatic rings. The second-order valence-corrected chi connectivity index (χ2v) is 4.26. The number of phenols is 1. The summed E-state index contributed by atoms with van der Waals surface area (Å²) in [5, 5.41) is 9.37. The second-order valence-electron chi connectivity index (χ2n) is 4.26. The molecule has 0 atom stereocenters. The molecule has 0 aromatic heterocycles. The Balaban J connectivity index is 3.07. The molecule has 1 aromatic rings. The SMILES string of the molecule is Cc1cc(C(C)(C)CC=O)ccc1O. The zero-order valence-electron chi connectivity index (χ0n) is 8.87. The summed E-state index contributed by atoms with van der Waals surface area (Å²) in [4.78, 5) is 10.5. The predicted octanol–water partition coefficient (Wildman–Crippen LogP) is 2.57. The fraction of sp³-hybridized carbons (Fsp3) is 0.417. The lowest BCUT2D eigenvalue weighted by molar-refractivity contribution is -0.108. The molecule has 14 heavy (non-hydrogen) atoms. The van der Waals surface area contributed by atoms with Gasteiger partial charge < -0.3 is 9.90 Å². The Morgan fingerprint density at radius 2 is 2.07 bits per heavy atom. The molecule has 0 radical (unpaired) electrons. The van der Waals surface area contributed by atoms with E-state index in [0.717, 1.165) is 17.4 Å². The summed E-state index contributed by atoms with van der Waals surface area (Å²) < 4.78 is 0. The van der Waals surface area contributed by atoms with Crippen molar-refractivity contribution >= 4 is 6.29 Å². The van der Waals surface area contributed by atoms with Crippen LogP contribution in [0.15, 0.2) is 18.2 Å². The number of hydrogen-bond acceptors (Lipinski definition) is 2. The van der Waals surface area contributed by atoms with Gasteiger partial charge in [0.15, 0.2) is 0 Å². The van der Waals surface area contributed by atoms with Crippen LogP contribution >= 0.6 is 0 Å². The van der Waals surface area contributed by atoms with Gasteiger partial charge in [0.05, 0.1) is 0 Å². The van der Waals surface area contributed by atoms with Gasteiger partial charge in [-0.25, -0.2) is 0 Å². The van der Waals surface area contributed by atoms with E-state index in [1.165, 1.54) is 0 Å². The Kier molecular flexibility index (Phi) is 2.94. The zero-order valence-corrected chi connectivity index (χ0v) is 8.87. The molecular formula is C12H16O2. The van der Waals surface area contributed by atoms with Gasteiger partial charge in [-0.15, -0.1) is 0 Å². The highest BCUT2D eigenvalue weighted by Gasteiger charge is 2.20. The van der Waals surface area contributed by atoms with Gasteiger partial charge in [-0.1, -0.05) is 26.0 Å². The van der Waals surface area contributed by atoms with Crippen molar-refractivity contribution in [2.24, 2.45) is 0 Å². The van der Waals surface area contributed by atoms with E-state index >= 15 is 0 Å². The van der Waals surface area contributed by atoms with Crippen molar-refractivity contribution in [3.05, 3.63) is 29.3 Å². The number of carbonyl (C=O) groups excluding carboxylic acids is 1. The minimum absolute atomic E-state index is 0.153. The molecule has 1 rings (SSSR count). The molecule has 0 saturated carbocycles. The molecule has 0 heterocycles. The lowest BCUT2D eigenvalue weighted by Crippen LogP contribution is -2.17.